The van der Waals surface area contributed by atoms with Crippen molar-refractivity contribution in [2.75, 3.05) is 19.6 Å². The fraction of sp³-hybridized carbons (Fsp3) is 0.400. The summed E-state index contributed by atoms with van der Waals surface area (Å²) in [5.41, 5.74) is 7.06. The highest BCUT2D eigenvalue weighted by atomic mass is 16.5. The number of aromatic amines is 1. The molecule has 1 saturated carbocycles. The number of likely N-dealkylation sites (tertiary alicyclic amines) is 1. The van der Waals surface area contributed by atoms with Crippen LogP contribution in [0.1, 0.15) is 24.1 Å². The lowest BCUT2D eigenvalue weighted by Crippen LogP contribution is -2.24. The highest BCUT2D eigenvalue weighted by molar-refractivity contribution is 5.86. The maximum atomic E-state index is 11.3. The average Bonchev–Trinajstić information content (AvgIpc) is 3.14. The van der Waals surface area contributed by atoms with E-state index in [1.807, 2.05) is 6.08 Å². The van der Waals surface area contributed by atoms with Crippen molar-refractivity contribution in [1.29, 1.82) is 0 Å². The monoisotopic (exact) mass is 403 g/mol. The van der Waals surface area contributed by atoms with Gasteiger partial charge in [0.05, 0.1) is 0 Å². The Bertz CT molecular complexity index is 1060. The fourth-order valence-electron chi connectivity index (χ4n) is 5.29. The number of amides is 1. The molecular weight excluding hydrogens is 374 g/mol. The molecule has 2 heterocycles. The van der Waals surface area contributed by atoms with Gasteiger partial charge in [0.15, 0.2) is 0 Å². The second-order valence-corrected chi connectivity index (χ2v) is 9.18. The molecule has 1 saturated heterocycles. The first-order valence-corrected chi connectivity index (χ1v) is 10.9. The Morgan fingerprint density at radius 3 is 3.10 bits per heavy atom. The van der Waals surface area contributed by atoms with Gasteiger partial charge in [0.1, 0.15) is 0 Å². The van der Waals surface area contributed by atoms with Gasteiger partial charge in [0.25, 0.3) is 5.91 Å². The van der Waals surface area contributed by atoms with Gasteiger partial charge < -0.3 is 4.98 Å². The number of aromatic nitrogens is 1. The average molecular weight is 404 g/mol. The molecule has 156 valence electrons. The Hall–Kier alpha value is -2.63. The lowest BCUT2D eigenvalue weighted by molar-refractivity contribution is -0.124. The van der Waals surface area contributed by atoms with Crippen LogP contribution in [0.5, 0.6) is 0 Å². The Balaban J connectivity index is 1.18. The van der Waals surface area contributed by atoms with Crippen LogP contribution in [0.4, 0.5) is 0 Å². The second kappa shape index (κ2) is 7.56. The smallest absolute Gasteiger partial charge is 0.267 e. The first-order valence-electron chi connectivity index (χ1n) is 10.9. The van der Waals surface area contributed by atoms with Crippen molar-refractivity contribution in [1.82, 2.24) is 15.4 Å². The van der Waals surface area contributed by atoms with Crippen molar-refractivity contribution in [3.63, 3.8) is 0 Å². The number of hydrogen-bond acceptors (Lipinski definition) is 3. The molecule has 2 fully saturated rings. The van der Waals surface area contributed by atoms with Crippen molar-refractivity contribution in [2.24, 2.45) is 17.3 Å². The number of nitrogens with zero attached hydrogens (tertiary/aromatic N) is 1. The van der Waals surface area contributed by atoms with E-state index in [2.05, 4.69) is 59.3 Å². The molecule has 1 aromatic carbocycles. The van der Waals surface area contributed by atoms with E-state index in [0.29, 0.717) is 11.8 Å². The SMILES string of the molecule is Cc1[nH]c2ccccc2c1CC1CCN(CC2=CC3CC3(/C=C/C(=O)NO)C=C2)C1. The zero-order valence-electron chi connectivity index (χ0n) is 17.4. The molecule has 3 N–H and O–H groups in total. The summed E-state index contributed by atoms with van der Waals surface area (Å²) >= 11 is 0. The molecule has 30 heavy (non-hydrogen) atoms. The van der Waals surface area contributed by atoms with Crippen molar-refractivity contribution in [3.8, 4) is 0 Å². The van der Waals surface area contributed by atoms with E-state index in [1.54, 1.807) is 5.48 Å². The summed E-state index contributed by atoms with van der Waals surface area (Å²) in [5.74, 6) is 0.718. The molecule has 5 heteroatoms. The van der Waals surface area contributed by atoms with E-state index in [-0.39, 0.29) is 5.41 Å². The highest BCUT2D eigenvalue weighted by Crippen LogP contribution is 2.58. The number of benzene rings is 1. The molecule has 1 amide bonds. The van der Waals surface area contributed by atoms with E-state index in [1.165, 1.54) is 40.2 Å². The third-order valence-electron chi connectivity index (χ3n) is 7.08. The molecule has 5 nitrogen and oxygen atoms in total. The molecule has 2 aromatic rings. The molecular formula is C25H29N3O2. The fourth-order valence-corrected chi connectivity index (χ4v) is 5.29. The molecule has 0 spiro atoms. The number of carbonyl (C=O) groups excluding carboxylic acids is 1. The number of para-hydroxylation sites is 1. The third-order valence-corrected chi connectivity index (χ3v) is 7.08. The summed E-state index contributed by atoms with van der Waals surface area (Å²) in [5, 5.41) is 10.0. The topological polar surface area (TPSA) is 68.4 Å². The lowest BCUT2D eigenvalue weighted by Gasteiger charge is -2.19. The summed E-state index contributed by atoms with van der Waals surface area (Å²) in [7, 11) is 0. The van der Waals surface area contributed by atoms with Gasteiger partial charge in [-0.2, -0.15) is 0 Å². The molecule has 3 atom stereocenters. The maximum absolute atomic E-state index is 11.3. The number of aryl methyl sites for hydroxylation is 1. The number of H-pyrrole nitrogens is 1. The predicted octanol–water partition coefficient (Wildman–Crippen LogP) is 3.90. The molecule has 1 aromatic heterocycles. The molecule has 5 rings (SSSR count). The minimum atomic E-state index is -0.466. The normalized spacial score (nSPS) is 28.1. The molecule has 0 bridgehead atoms. The van der Waals surface area contributed by atoms with Gasteiger partial charge in [-0.1, -0.05) is 42.5 Å². The molecule has 3 aliphatic rings. The van der Waals surface area contributed by atoms with E-state index >= 15 is 0 Å². The summed E-state index contributed by atoms with van der Waals surface area (Å²) < 4.78 is 0. The number of carbonyl (C=O) groups is 1. The summed E-state index contributed by atoms with van der Waals surface area (Å²) in [4.78, 5) is 17.4. The van der Waals surface area contributed by atoms with E-state index in [0.717, 1.165) is 32.5 Å². The quantitative estimate of drug-likeness (QED) is 0.389. The number of hydrogen-bond donors (Lipinski definition) is 3. The van der Waals surface area contributed by atoms with Crippen LogP contribution in [0.3, 0.4) is 0 Å². The highest BCUT2D eigenvalue weighted by Gasteiger charge is 2.50. The van der Waals surface area contributed by atoms with Gasteiger partial charge in [-0.05, 0) is 61.8 Å². The lowest BCUT2D eigenvalue weighted by atomic mass is 9.95. The van der Waals surface area contributed by atoms with Crippen LogP contribution in [0.2, 0.25) is 0 Å². The van der Waals surface area contributed by atoms with Crippen molar-refractivity contribution in [3.05, 3.63) is 71.5 Å². The summed E-state index contributed by atoms with van der Waals surface area (Å²) in [6.07, 6.45) is 13.6. The number of rotatable bonds is 6. The maximum Gasteiger partial charge on any atom is 0.267 e. The van der Waals surface area contributed by atoms with Gasteiger partial charge in [-0.15, -0.1) is 0 Å². The number of fused-ring (bicyclic) bond motifs is 2. The Morgan fingerprint density at radius 2 is 2.27 bits per heavy atom. The number of hydroxylamine groups is 1. The molecule has 2 aliphatic carbocycles. The van der Waals surface area contributed by atoms with Crippen LogP contribution in [0, 0.1) is 24.2 Å². The zero-order chi connectivity index (χ0) is 20.7. The van der Waals surface area contributed by atoms with Crippen LogP contribution >= 0.6 is 0 Å². The predicted molar refractivity (Wildman–Crippen MR) is 118 cm³/mol. The van der Waals surface area contributed by atoms with Crippen molar-refractivity contribution >= 4 is 16.8 Å². The molecule has 0 radical (unpaired) electrons. The second-order valence-electron chi connectivity index (χ2n) is 9.18. The minimum Gasteiger partial charge on any atom is -0.358 e. The van der Waals surface area contributed by atoms with E-state index < -0.39 is 5.91 Å². The van der Waals surface area contributed by atoms with Gasteiger partial charge >= 0.3 is 0 Å². The Labute approximate surface area is 177 Å². The van der Waals surface area contributed by atoms with Gasteiger partial charge in [0, 0.05) is 41.2 Å². The van der Waals surface area contributed by atoms with Gasteiger partial charge in [-0.25, -0.2) is 5.48 Å². The van der Waals surface area contributed by atoms with E-state index in [4.69, 9.17) is 5.21 Å². The Kier molecular flexibility index (Phi) is 4.88. The standard InChI is InChI=1S/C25H29N3O2/c1-17-22(21-4-2-3-5-23(21)26-17)13-19-8-11-28(16-19)15-18-6-9-25(14-20(25)12-18)10-7-24(29)27-30/h2-7,9-10,12,19-20,26,30H,8,11,13-16H2,1H3,(H,27,29)/b10-7+. The Morgan fingerprint density at radius 1 is 1.40 bits per heavy atom. The minimum absolute atomic E-state index is 0.0174. The van der Waals surface area contributed by atoms with Crippen LogP contribution in [-0.4, -0.2) is 40.6 Å². The molecule has 3 unspecified atom stereocenters. The van der Waals surface area contributed by atoms with Crippen LogP contribution in [0.25, 0.3) is 10.9 Å². The number of nitrogens with one attached hydrogen (secondary N) is 2. The summed E-state index contributed by atoms with van der Waals surface area (Å²) in [6, 6.07) is 8.62. The van der Waals surface area contributed by atoms with Crippen molar-refractivity contribution in [2.45, 2.75) is 26.2 Å². The largest absolute Gasteiger partial charge is 0.358 e. The zero-order valence-corrected chi connectivity index (χ0v) is 17.4. The van der Waals surface area contributed by atoms with Gasteiger partial charge in [-0.3, -0.25) is 14.9 Å². The third kappa shape index (κ3) is 3.64. The first kappa shape index (κ1) is 19.3. The van der Waals surface area contributed by atoms with Gasteiger partial charge in [0.2, 0.25) is 0 Å². The van der Waals surface area contributed by atoms with Crippen LogP contribution < -0.4 is 5.48 Å². The number of allylic oxidation sites excluding steroid dienone is 3. The molecule has 1 aliphatic heterocycles. The van der Waals surface area contributed by atoms with Crippen LogP contribution in [0.15, 0.2) is 60.2 Å². The first-order chi connectivity index (χ1) is 14.6. The van der Waals surface area contributed by atoms with Crippen LogP contribution in [-0.2, 0) is 11.2 Å². The summed E-state index contributed by atoms with van der Waals surface area (Å²) in [6.45, 7) is 5.51. The van der Waals surface area contributed by atoms with E-state index in [9.17, 15) is 4.79 Å². The van der Waals surface area contributed by atoms with Crippen molar-refractivity contribution < 1.29 is 10.0 Å².